The van der Waals surface area contributed by atoms with Crippen LogP contribution in [-0.2, 0) is 6.42 Å². The number of benzene rings is 1. The van der Waals surface area contributed by atoms with E-state index in [1.165, 1.54) is 11.1 Å². The molecule has 94 valence electrons. The SMILES string of the molecule is CN(C)CCC(NN)c1ccc2c(c1)CCO2. The van der Waals surface area contributed by atoms with E-state index in [9.17, 15) is 0 Å². The van der Waals surface area contributed by atoms with Gasteiger partial charge in [-0.2, -0.15) is 0 Å². The summed E-state index contributed by atoms with van der Waals surface area (Å²) in [6.45, 7) is 1.82. The minimum Gasteiger partial charge on any atom is -0.493 e. The Hall–Kier alpha value is -1.10. The van der Waals surface area contributed by atoms with Crippen LogP contribution >= 0.6 is 0 Å². The number of nitrogens with zero attached hydrogens (tertiary/aromatic N) is 1. The molecule has 0 aromatic heterocycles. The Morgan fingerprint density at radius 1 is 1.47 bits per heavy atom. The van der Waals surface area contributed by atoms with E-state index in [2.05, 4.69) is 42.6 Å². The molecule has 1 aromatic rings. The zero-order chi connectivity index (χ0) is 12.3. The molecule has 2 rings (SSSR count). The highest BCUT2D eigenvalue weighted by Crippen LogP contribution is 2.28. The van der Waals surface area contributed by atoms with E-state index in [0.717, 1.165) is 31.7 Å². The number of hydrogen-bond acceptors (Lipinski definition) is 4. The van der Waals surface area contributed by atoms with Crippen LogP contribution in [-0.4, -0.2) is 32.1 Å². The third-order valence-electron chi connectivity index (χ3n) is 3.18. The van der Waals surface area contributed by atoms with E-state index in [-0.39, 0.29) is 6.04 Å². The molecular weight excluding hydrogens is 214 g/mol. The van der Waals surface area contributed by atoms with Crippen molar-refractivity contribution in [3.05, 3.63) is 29.3 Å². The molecule has 0 radical (unpaired) electrons. The molecule has 1 aliphatic rings. The third kappa shape index (κ3) is 2.97. The number of fused-ring (bicyclic) bond motifs is 1. The summed E-state index contributed by atoms with van der Waals surface area (Å²) in [5.74, 6) is 6.66. The minimum atomic E-state index is 0.211. The molecule has 0 saturated carbocycles. The number of hydrogen-bond donors (Lipinski definition) is 2. The lowest BCUT2D eigenvalue weighted by Crippen LogP contribution is -2.30. The average molecular weight is 235 g/mol. The number of ether oxygens (including phenoxy) is 1. The summed E-state index contributed by atoms with van der Waals surface area (Å²) in [4.78, 5) is 2.17. The first-order valence-corrected chi connectivity index (χ1v) is 6.07. The van der Waals surface area contributed by atoms with Gasteiger partial charge in [0, 0.05) is 12.5 Å². The van der Waals surface area contributed by atoms with Gasteiger partial charge in [0.05, 0.1) is 6.61 Å². The Labute approximate surface area is 103 Å². The third-order valence-corrected chi connectivity index (χ3v) is 3.18. The number of hydrazine groups is 1. The highest BCUT2D eigenvalue weighted by Gasteiger charge is 2.16. The molecule has 1 unspecified atom stereocenters. The topological polar surface area (TPSA) is 50.5 Å². The van der Waals surface area contributed by atoms with Gasteiger partial charge in [-0.05, 0) is 44.3 Å². The van der Waals surface area contributed by atoms with Gasteiger partial charge in [-0.15, -0.1) is 0 Å². The second-order valence-corrected chi connectivity index (χ2v) is 4.78. The molecule has 1 atom stereocenters. The van der Waals surface area contributed by atoms with Gasteiger partial charge in [-0.1, -0.05) is 12.1 Å². The molecule has 17 heavy (non-hydrogen) atoms. The fourth-order valence-corrected chi connectivity index (χ4v) is 2.16. The maximum atomic E-state index is 5.64. The molecule has 1 heterocycles. The Balaban J connectivity index is 2.08. The summed E-state index contributed by atoms with van der Waals surface area (Å²) in [5, 5.41) is 0. The maximum Gasteiger partial charge on any atom is 0.122 e. The molecule has 3 N–H and O–H groups in total. The summed E-state index contributed by atoms with van der Waals surface area (Å²) in [7, 11) is 4.15. The Bertz CT molecular complexity index is 379. The first kappa shape index (κ1) is 12.4. The predicted molar refractivity (Wildman–Crippen MR) is 68.9 cm³/mol. The van der Waals surface area contributed by atoms with E-state index in [0.29, 0.717) is 0 Å². The molecule has 4 nitrogen and oxygen atoms in total. The molecule has 0 fully saturated rings. The summed E-state index contributed by atoms with van der Waals surface area (Å²) in [6.07, 6.45) is 2.01. The van der Waals surface area contributed by atoms with Crippen molar-refractivity contribution in [2.24, 2.45) is 5.84 Å². The monoisotopic (exact) mass is 235 g/mol. The van der Waals surface area contributed by atoms with E-state index in [1.54, 1.807) is 0 Å². The molecule has 1 aliphatic heterocycles. The summed E-state index contributed by atoms with van der Waals surface area (Å²) < 4.78 is 5.51. The molecular formula is C13H21N3O. The smallest absolute Gasteiger partial charge is 0.122 e. The van der Waals surface area contributed by atoms with Gasteiger partial charge in [-0.3, -0.25) is 11.3 Å². The fourth-order valence-electron chi connectivity index (χ4n) is 2.16. The molecule has 0 bridgehead atoms. The summed E-state index contributed by atoms with van der Waals surface area (Å²) in [5.41, 5.74) is 5.44. The number of rotatable bonds is 5. The maximum absolute atomic E-state index is 5.64. The summed E-state index contributed by atoms with van der Waals surface area (Å²) in [6, 6.07) is 6.58. The van der Waals surface area contributed by atoms with Crippen molar-refractivity contribution in [1.82, 2.24) is 10.3 Å². The second-order valence-electron chi connectivity index (χ2n) is 4.78. The number of nitrogens with one attached hydrogen (secondary N) is 1. The van der Waals surface area contributed by atoms with Crippen LogP contribution in [0.1, 0.15) is 23.6 Å². The van der Waals surface area contributed by atoms with Crippen molar-refractivity contribution in [3.63, 3.8) is 0 Å². The van der Waals surface area contributed by atoms with Crippen molar-refractivity contribution in [3.8, 4) is 5.75 Å². The molecule has 0 aliphatic carbocycles. The lowest BCUT2D eigenvalue weighted by atomic mass is 10.0. The van der Waals surface area contributed by atoms with Crippen LogP contribution in [0.3, 0.4) is 0 Å². The Morgan fingerprint density at radius 3 is 3.00 bits per heavy atom. The quantitative estimate of drug-likeness (QED) is 0.592. The average Bonchev–Trinajstić information content (AvgIpc) is 2.76. The van der Waals surface area contributed by atoms with E-state index < -0.39 is 0 Å². The van der Waals surface area contributed by atoms with Crippen LogP contribution in [0.2, 0.25) is 0 Å². The van der Waals surface area contributed by atoms with Crippen molar-refractivity contribution < 1.29 is 4.74 Å². The van der Waals surface area contributed by atoms with Gasteiger partial charge in [0.2, 0.25) is 0 Å². The predicted octanol–water partition coefficient (Wildman–Crippen LogP) is 1.08. The van der Waals surface area contributed by atoms with Crippen LogP contribution in [0, 0.1) is 0 Å². The molecule has 0 saturated heterocycles. The van der Waals surface area contributed by atoms with E-state index in [1.807, 2.05) is 0 Å². The standard InChI is InChI=1S/C13H21N3O/c1-16(2)7-5-12(15-14)10-3-4-13-11(9-10)6-8-17-13/h3-4,9,12,15H,5-8,14H2,1-2H3. The highest BCUT2D eigenvalue weighted by atomic mass is 16.5. The van der Waals surface area contributed by atoms with Gasteiger partial charge < -0.3 is 9.64 Å². The van der Waals surface area contributed by atoms with E-state index >= 15 is 0 Å². The highest BCUT2D eigenvalue weighted by molar-refractivity contribution is 5.40. The van der Waals surface area contributed by atoms with Crippen LogP contribution in [0.25, 0.3) is 0 Å². The van der Waals surface area contributed by atoms with Crippen LogP contribution in [0.15, 0.2) is 18.2 Å². The second kappa shape index (κ2) is 5.49. The Kier molecular flexibility index (Phi) is 3.99. The van der Waals surface area contributed by atoms with E-state index in [4.69, 9.17) is 10.6 Å². The summed E-state index contributed by atoms with van der Waals surface area (Å²) >= 11 is 0. The zero-order valence-electron chi connectivity index (χ0n) is 10.6. The number of nitrogens with two attached hydrogens (primary N) is 1. The lowest BCUT2D eigenvalue weighted by molar-refractivity contribution is 0.356. The first-order valence-electron chi connectivity index (χ1n) is 6.07. The van der Waals surface area contributed by atoms with Crippen molar-refractivity contribution in [1.29, 1.82) is 0 Å². The Morgan fingerprint density at radius 2 is 2.29 bits per heavy atom. The minimum absolute atomic E-state index is 0.211. The normalized spacial score (nSPS) is 15.8. The van der Waals surface area contributed by atoms with Crippen molar-refractivity contribution in [2.45, 2.75) is 18.9 Å². The zero-order valence-corrected chi connectivity index (χ0v) is 10.6. The van der Waals surface area contributed by atoms with Crippen LogP contribution in [0.4, 0.5) is 0 Å². The van der Waals surface area contributed by atoms with Crippen molar-refractivity contribution in [2.75, 3.05) is 27.2 Å². The van der Waals surface area contributed by atoms with Crippen LogP contribution < -0.4 is 16.0 Å². The van der Waals surface area contributed by atoms with Gasteiger partial charge >= 0.3 is 0 Å². The largest absolute Gasteiger partial charge is 0.493 e. The molecule has 4 heteroatoms. The fraction of sp³-hybridized carbons (Fsp3) is 0.538. The molecule has 0 amide bonds. The van der Waals surface area contributed by atoms with Gasteiger partial charge in [-0.25, -0.2) is 0 Å². The first-order chi connectivity index (χ1) is 8.20. The lowest BCUT2D eigenvalue weighted by Gasteiger charge is -2.19. The molecule has 1 aromatic carbocycles. The van der Waals surface area contributed by atoms with Gasteiger partial charge in [0.15, 0.2) is 0 Å². The van der Waals surface area contributed by atoms with Gasteiger partial charge in [0.1, 0.15) is 5.75 Å². The molecule has 0 spiro atoms. The van der Waals surface area contributed by atoms with Gasteiger partial charge in [0.25, 0.3) is 0 Å². The van der Waals surface area contributed by atoms with Crippen LogP contribution in [0.5, 0.6) is 5.75 Å². The van der Waals surface area contributed by atoms with Crippen molar-refractivity contribution >= 4 is 0 Å².